The zero-order chi connectivity index (χ0) is 10.4. The average molecular weight is 208 g/mol. The van der Waals surface area contributed by atoms with Crippen LogP contribution in [-0.4, -0.2) is 57.2 Å². The van der Waals surface area contributed by atoms with E-state index in [-0.39, 0.29) is 5.88 Å². The normalized spacial score (nSPS) is 34.6. The Hall–Kier alpha value is -1.07. The van der Waals surface area contributed by atoms with Crippen LogP contribution < -0.4 is 0 Å². The van der Waals surface area contributed by atoms with Gasteiger partial charge in [0, 0.05) is 39.8 Å². The van der Waals surface area contributed by atoms with Crippen molar-refractivity contribution in [1.82, 2.24) is 19.4 Å². The number of fused-ring (bicyclic) bond motifs is 3. The van der Waals surface area contributed by atoms with E-state index in [2.05, 4.69) is 14.8 Å². The van der Waals surface area contributed by atoms with Crippen molar-refractivity contribution in [2.75, 3.05) is 32.7 Å². The summed E-state index contributed by atoms with van der Waals surface area (Å²) >= 11 is 0. The molecule has 0 radical (unpaired) electrons. The molecule has 0 saturated carbocycles. The molecule has 4 rings (SSSR count). The summed E-state index contributed by atoms with van der Waals surface area (Å²) in [4.78, 5) is 9.13. The van der Waals surface area contributed by atoms with Crippen LogP contribution >= 0.6 is 0 Å². The number of rotatable bonds is 1. The zero-order valence-electron chi connectivity index (χ0n) is 8.93. The first kappa shape index (κ1) is 9.18. The highest BCUT2D eigenvalue weighted by Gasteiger charge is 2.35. The molecule has 3 fully saturated rings. The van der Waals surface area contributed by atoms with Crippen LogP contribution in [0.25, 0.3) is 0 Å². The first-order valence-corrected chi connectivity index (χ1v) is 5.42. The molecule has 0 aliphatic carbocycles. The molecule has 1 aromatic heterocycles. The lowest BCUT2D eigenvalue weighted by atomic mass is 10.1. The summed E-state index contributed by atoms with van der Waals surface area (Å²) in [7, 11) is 1.95. The van der Waals surface area contributed by atoms with Crippen LogP contribution in [-0.2, 0) is 7.05 Å². The van der Waals surface area contributed by atoms with Crippen molar-refractivity contribution in [3.8, 4) is 5.88 Å². The SMILES string of the molecule is Cn1cc(O)nc1C1CN2CCN1CC2. The maximum Gasteiger partial charge on any atom is 0.229 e. The Kier molecular flexibility index (Phi) is 1.97. The Morgan fingerprint density at radius 2 is 2.07 bits per heavy atom. The number of hydrogen-bond acceptors (Lipinski definition) is 4. The first-order chi connectivity index (χ1) is 7.24. The van der Waals surface area contributed by atoms with Gasteiger partial charge in [0.15, 0.2) is 0 Å². The highest BCUT2D eigenvalue weighted by molar-refractivity contribution is 5.13. The molecule has 1 N–H and O–H groups in total. The Balaban J connectivity index is 1.91. The molecule has 15 heavy (non-hydrogen) atoms. The van der Waals surface area contributed by atoms with E-state index in [1.165, 1.54) is 13.1 Å². The standard InChI is InChI=1S/C10H16N4O/c1-12-7-9(15)11-10(12)8-6-13-2-4-14(8)5-3-13/h7-8,15H,2-6H2,1H3. The van der Waals surface area contributed by atoms with E-state index in [1.54, 1.807) is 6.20 Å². The Morgan fingerprint density at radius 3 is 2.53 bits per heavy atom. The van der Waals surface area contributed by atoms with Gasteiger partial charge in [-0.1, -0.05) is 0 Å². The number of hydrogen-bond donors (Lipinski definition) is 1. The van der Waals surface area contributed by atoms with E-state index < -0.39 is 0 Å². The van der Waals surface area contributed by atoms with Crippen molar-refractivity contribution in [1.29, 1.82) is 0 Å². The number of aromatic nitrogens is 2. The Bertz CT molecular complexity index is 367. The number of aromatic hydroxyl groups is 1. The van der Waals surface area contributed by atoms with E-state index in [1.807, 2.05) is 11.6 Å². The van der Waals surface area contributed by atoms with Crippen molar-refractivity contribution in [2.45, 2.75) is 6.04 Å². The van der Waals surface area contributed by atoms with Crippen LogP contribution in [0.3, 0.4) is 0 Å². The molecule has 1 atom stereocenters. The topological polar surface area (TPSA) is 44.5 Å². The minimum absolute atomic E-state index is 0.130. The monoisotopic (exact) mass is 208 g/mol. The summed E-state index contributed by atoms with van der Waals surface area (Å²) in [5, 5.41) is 9.37. The maximum absolute atomic E-state index is 9.37. The number of aryl methyl sites for hydroxylation is 1. The van der Waals surface area contributed by atoms with Crippen molar-refractivity contribution in [3.05, 3.63) is 12.0 Å². The lowest BCUT2D eigenvalue weighted by Crippen LogP contribution is -2.57. The van der Waals surface area contributed by atoms with Crippen molar-refractivity contribution in [2.24, 2.45) is 7.05 Å². The highest BCUT2D eigenvalue weighted by Crippen LogP contribution is 2.28. The van der Waals surface area contributed by atoms with Gasteiger partial charge in [-0.2, -0.15) is 4.98 Å². The number of imidazole rings is 1. The van der Waals surface area contributed by atoms with E-state index >= 15 is 0 Å². The second kappa shape index (κ2) is 3.21. The maximum atomic E-state index is 9.37. The molecule has 3 aliphatic rings. The molecule has 5 heteroatoms. The van der Waals surface area contributed by atoms with Crippen LogP contribution in [0.4, 0.5) is 0 Å². The van der Waals surface area contributed by atoms with Gasteiger partial charge in [0.05, 0.1) is 12.2 Å². The van der Waals surface area contributed by atoms with Crippen LogP contribution in [0.2, 0.25) is 0 Å². The molecule has 1 aromatic rings. The minimum Gasteiger partial charge on any atom is -0.492 e. The third kappa shape index (κ3) is 1.42. The third-order valence-corrected chi connectivity index (χ3v) is 3.48. The molecule has 82 valence electrons. The summed E-state index contributed by atoms with van der Waals surface area (Å²) in [6, 6.07) is 0.360. The van der Waals surface area contributed by atoms with Gasteiger partial charge in [-0.3, -0.25) is 9.80 Å². The van der Waals surface area contributed by atoms with Crippen molar-refractivity contribution in [3.63, 3.8) is 0 Å². The molecule has 5 nitrogen and oxygen atoms in total. The number of nitrogens with zero attached hydrogens (tertiary/aromatic N) is 4. The molecule has 3 aliphatic heterocycles. The largest absolute Gasteiger partial charge is 0.492 e. The molecule has 0 aromatic carbocycles. The average Bonchev–Trinajstić information content (AvgIpc) is 2.59. The van der Waals surface area contributed by atoms with Crippen molar-refractivity contribution < 1.29 is 5.11 Å². The van der Waals surface area contributed by atoms with Gasteiger partial charge in [0.1, 0.15) is 5.82 Å². The van der Waals surface area contributed by atoms with Crippen LogP contribution in [0.1, 0.15) is 11.9 Å². The fourth-order valence-corrected chi connectivity index (χ4v) is 2.64. The lowest BCUT2D eigenvalue weighted by molar-refractivity contribution is 0.00751. The van der Waals surface area contributed by atoms with Gasteiger partial charge in [-0.25, -0.2) is 0 Å². The van der Waals surface area contributed by atoms with Gasteiger partial charge < -0.3 is 9.67 Å². The van der Waals surface area contributed by atoms with Gasteiger partial charge in [-0.05, 0) is 0 Å². The zero-order valence-corrected chi connectivity index (χ0v) is 8.93. The fraction of sp³-hybridized carbons (Fsp3) is 0.700. The summed E-state index contributed by atoms with van der Waals surface area (Å²) < 4.78 is 1.93. The van der Waals surface area contributed by atoms with Gasteiger partial charge >= 0.3 is 0 Å². The summed E-state index contributed by atoms with van der Waals surface area (Å²) in [5.41, 5.74) is 0. The quantitative estimate of drug-likeness (QED) is 0.694. The minimum atomic E-state index is 0.130. The number of piperazine rings is 3. The summed E-state index contributed by atoms with van der Waals surface area (Å²) in [6.07, 6.45) is 1.67. The first-order valence-electron chi connectivity index (χ1n) is 5.42. The molecule has 0 spiro atoms. The molecule has 0 amide bonds. The molecule has 1 unspecified atom stereocenters. The van der Waals surface area contributed by atoms with E-state index in [0.29, 0.717) is 6.04 Å². The van der Waals surface area contributed by atoms with Crippen LogP contribution in [0.5, 0.6) is 5.88 Å². The fourth-order valence-electron chi connectivity index (χ4n) is 2.64. The smallest absolute Gasteiger partial charge is 0.229 e. The van der Waals surface area contributed by atoms with Crippen LogP contribution in [0, 0.1) is 0 Å². The second-order valence-electron chi connectivity index (χ2n) is 4.42. The summed E-state index contributed by atoms with van der Waals surface area (Å²) in [5.74, 6) is 1.11. The lowest BCUT2D eigenvalue weighted by Gasteiger charge is -2.46. The predicted molar refractivity (Wildman–Crippen MR) is 55.6 cm³/mol. The van der Waals surface area contributed by atoms with E-state index in [9.17, 15) is 5.11 Å². The summed E-state index contributed by atoms with van der Waals surface area (Å²) in [6.45, 7) is 5.64. The highest BCUT2D eigenvalue weighted by atomic mass is 16.3. The molecule has 2 bridgehead atoms. The van der Waals surface area contributed by atoms with Crippen LogP contribution in [0.15, 0.2) is 6.20 Å². The van der Waals surface area contributed by atoms with Gasteiger partial charge in [0.25, 0.3) is 0 Å². The van der Waals surface area contributed by atoms with E-state index in [0.717, 1.165) is 25.5 Å². The Labute approximate surface area is 88.9 Å². The Morgan fingerprint density at radius 1 is 1.33 bits per heavy atom. The molecular weight excluding hydrogens is 192 g/mol. The third-order valence-electron chi connectivity index (χ3n) is 3.48. The van der Waals surface area contributed by atoms with Crippen molar-refractivity contribution >= 4 is 0 Å². The second-order valence-corrected chi connectivity index (χ2v) is 4.42. The molecule has 4 heterocycles. The predicted octanol–water partition coefficient (Wildman–Crippen LogP) is -0.202. The molecule has 3 saturated heterocycles. The molecular formula is C10H16N4O. The van der Waals surface area contributed by atoms with Gasteiger partial charge in [0.2, 0.25) is 5.88 Å². The van der Waals surface area contributed by atoms with Gasteiger partial charge in [-0.15, -0.1) is 0 Å². The van der Waals surface area contributed by atoms with E-state index in [4.69, 9.17) is 0 Å².